The molecule has 1 aliphatic rings. The van der Waals surface area contributed by atoms with E-state index < -0.39 is 11.8 Å². The first-order chi connectivity index (χ1) is 10.2. The Labute approximate surface area is 126 Å². The average Bonchev–Trinajstić information content (AvgIpc) is 2.57. The quantitative estimate of drug-likeness (QED) is 0.891. The Morgan fingerprint density at radius 2 is 1.62 bits per heavy atom. The van der Waals surface area contributed by atoms with Gasteiger partial charge in [0.05, 0.1) is 12.7 Å². The molecule has 21 heavy (non-hydrogen) atoms. The van der Waals surface area contributed by atoms with E-state index >= 15 is 0 Å². The van der Waals surface area contributed by atoms with Crippen LogP contribution in [0.15, 0.2) is 18.6 Å². The van der Waals surface area contributed by atoms with Gasteiger partial charge in [-0.05, 0) is 0 Å². The number of amides is 2. The van der Waals surface area contributed by atoms with Crippen LogP contribution in [0.2, 0.25) is 0 Å². The van der Waals surface area contributed by atoms with E-state index in [9.17, 15) is 9.59 Å². The lowest BCUT2D eigenvalue weighted by Gasteiger charge is -2.05. The van der Waals surface area contributed by atoms with Crippen LogP contribution in [0.4, 0.5) is 0 Å². The van der Waals surface area contributed by atoms with Crippen molar-refractivity contribution in [3.8, 4) is 0 Å². The highest BCUT2D eigenvalue weighted by atomic mass is 16.2. The summed E-state index contributed by atoms with van der Waals surface area (Å²) in [5, 5.41) is 2.28. The molecule has 1 fully saturated rings. The van der Waals surface area contributed by atoms with Crippen LogP contribution in [0.1, 0.15) is 62.9 Å². The summed E-state index contributed by atoms with van der Waals surface area (Å²) in [7, 11) is 0. The number of nitrogens with two attached hydrogens (primary N) is 1. The van der Waals surface area contributed by atoms with Gasteiger partial charge in [-0.15, -0.1) is 0 Å². The number of primary amides is 1. The van der Waals surface area contributed by atoms with Crippen LogP contribution in [0.25, 0.3) is 0 Å². The minimum atomic E-state index is -0.600. The van der Waals surface area contributed by atoms with E-state index in [4.69, 9.17) is 5.73 Å². The van der Waals surface area contributed by atoms with Crippen LogP contribution in [-0.2, 0) is 4.79 Å². The molecule has 2 rings (SSSR count). The SMILES string of the molecule is C1CCCCC1.CC.NC(=O)CNC(=O)c1cnccn1. The number of hydrogen-bond donors (Lipinski definition) is 2. The lowest BCUT2D eigenvalue weighted by molar-refractivity contribution is -0.117. The standard InChI is InChI=1S/C7H8N4O2.C6H12.C2H6/c8-6(12)4-11-7(13)5-3-9-1-2-10-5;1-2-4-6-5-3-1;1-2/h1-3H,4H2,(H2,8,12)(H,11,13);1-6H2;1-2H3. The van der Waals surface area contributed by atoms with Crippen LogP contribution in [-0.4, -0.2) is 28.3 Å². The number of hydrogen-bond acceptors (Lipinski definition) is 4. The predicted octanol–water partition coefficient (Wildman–Crippen LogP) is 2.06. The normalized spacial score (nSPS) is 12.9. The van der Waals surface area contributed by atoms with Crippen molar-refractivity contribution in [2.45, 2.75) is 52.4 Å². The lowest BCUT2D eigenvalue weighted by Crippen LogP contribution is -2.33. The summed E-state index contributed by atoms with van der Waals surface area (Å²) >= 11 is 0. The minimum Gasteiger partial charge on any atom is -0.368 e. The largest absolute Gasteiger partial charge is 0.368 e. The maximum absolute atomic E-state index is 11.1. The van der Waals surface area contributed by atoms with Gasteiger partial charge in [-0.2, -0.15) is 0 Å². The molecule has 0 unspecified atom stereocenters. The van der Waals surface area contributed by atoms with Gasteiger partial charge in [-0.25, -0.2) is 4.98 Å². The summed E-state index contributed by atoms with van der Waals surface area (Å²) in [5.41, 5.74) is 4.99. The molecule has 0 aromatic carbocycles. The molecule has 118 valence electrons. The fourth-order valence-corrected chi connectivity index (χ4v) is 1.73. The van der Waals surface area contributed by atoms with Gasteiger partial charge in [0, 0.05) is 12.4 Å². The monoisotopic (exact) mass is 294 g/mol. The molecule has 0 aliphatic heterocycles. The molecular weight excluding hydrogens is 268 g/mol. The van der Waals surface area contributed by atoms with Crippen molar-refractivity contribution in [3.05, 3.63) is 24.3 Å². The van der Waals surface area contributed by atoms with Gasteiger partial charge in [0.1, 0.15) is 5.69 Å². The third-order valence-electron chi connectivity index (χ3n) is 2.72. The van der Waals surface area contributed by atoms with Gasteiger partial charge in [0.15, 0.2) is 0 Å². The number of rotatable bonds is 3. The molecule has 0 radical (unpaired) electrons. The number of nitrogens with one attached hydrogen (secondary N) is 1. The lowest BCUT2D eigenvalue weighted by atomic mass is 10.0. The Bertz CT molecular complexity index is 380. The predicted molar refractivity (Wildman–Crippen MR) is 82.6 cm³/mol. The van der Waals surface area contributed by atoms with E-state index in [-0.39, 0.29) is 12.2 Å². The van der Waals surface area contributed by atoms with E-state index in [1.165, 1.54) is 57.1 Å². The van der Waals surface area contributed by atoms with E-state index in [0.29, 0.717) is 0 Å². The van der Waals surface area contributed by atoms with Crippen molar-refractivity contribution in [3.63, 3.8) is 0 Å². The molecule has 2 amide bonds. The van der Waals surface area contributed by atoms with E-state index in [0.717, 1.165) is 0 Å². The van der Waals surface area contributed by atoms with E-state index in [2.05, 4.69) is 15.3 Å². The maximum Gasteiger partial charge on any atom is 0.271 e. The van der Waals surface area contributed by atoms with Crippen molar-refractivity contribution >= 4 is 11.8 Å². The molecular formula is C15H26N4O2. The van der Waals surface area contributed by atoms with Gasteiger partial charge in [0.2, 0.25) is 5.91 Å². The zero-order chi connectivity index (χ0) is 15.9. The first-order valence-corrected chi connectivity index (χ1v) is 7.52. The highest BCUT2D eigenvalue weighted by Gasteiger charge is 2.06. The molecule has 0 atom stereocenters. The third-order valence-corrected chi connectivity index (χ3v) is 2.72. The molecule has 6 heteroatoms. The molecule has 0 spiro atoms. The smallest absolute Gasteiger partial charge is 0.271 e. The second kappa shape index (κ2) is 13.0. The van der Waals surface area contributed by atoms with Gasteiger partial charge < -0.3 is 11.1 Å². The van der Waals surface area contributed by atoms with Crippen LogP contribution < -0.4 is 11.1 Å². The maximum atomic E-state index is 11.1. The minimum absolute atomic E-state index is 0.156. The van der Waals surface area contributed by atoms with Crippen LogP contribution >= 0.6 is 0 Å². The first kappa shape index (κ1) is 19.0. The van der Waals surface area contributed by atoms with Crippen LogP contribution in [0.3, 0.4) is 0 Å². The third kappa shape index (κ3) is 10.5. The fourth-order valence-electron chi connectivity index (χ4n) is 1.73. The van der Waals surface area contributed by atoms with Crippen molar-refractivity contribution in [2.24, 2.45) is 5.73 Å². The summed E-state index contributed by atoms with van der Waals surface area (Å²) in [6.45, 7) is 3.80. The fraction of sp³-hybridized carbons (Fsp3) is 0.600. The van der Waals surface area contributed by atoms with Gasteiger partial charge >= 0.3 is 0 Å². The van der Waals surface area contributed by atoms with Crippen molar-refractivity contribution < 1.29 is 9.59 Å². The van der Waals surface area contributed by atoms with Crippen molar-refractivity contribution in [2.75, 3.05) is 6.54 Å². The Hall–Kier alpha value is -1.98. The number of carbonyl (C=O) groups excluding carboxylic acids is 2. The molecule has 1 saturated carbocycles. The molecule has 3 N–H and O–H groups in total. The molecule has 0 bridgehead atoms. The summed E-state index contributed by atoms with van der Waals surface area (Å²) in [4.78, 5) is 28.9. The Balaban J connectivity index is 0.000000416. The molecule has 1 heterocycles. The van der Waals surface area contributed by atoms with Crippen LogP contribution in [0.5, 0.6) is 0 Å². The number of carbonyl (C=O) groups is 2. The van der Waals surface area contributed by atoms with Gasteiger partial charge in [0.25, 0.3) is 5.91 Å². The Morgan fingerprint density at radius 1 is 1.10 bits per heavy atom. The first-order valence-electron chi connectivity index (χ1n) is 7.52. The summed E-state index contributed by atoms with van der Waals surface area (Å²) in [6.07, 6.45) is 13.1. The molecule has 1 aromatic heterocycles. The number of aromatic nitrogens is 2. The van der Waals surface area contributed by atoms with Crippen LogP contribution in [0, 0.1) is 0 Å². The topological polar surface area (TPSA) is 98.0 Å². The van der Waals surface area contributed by atoms with Gasteiger partial charge in [-0.3, -0.25) is 14.6 Å². The van der Waals surface area contributed by atoms with Crippen molar-refractivity contribution in [1.82, 2.24) is 15.3 Å². The zero-order valence-electron chi connectivity index (χ0n) is 13.0. The molecule has 0 saturated heterocycles. The Morgan fingerprint density at radius 3 is 2.00 bits per heavy atom. The summed E-state index contributed by atoms with van der Waals surface area (Å²) in [5.74, 6) is -1.07. The highest BCUT2D eigenvalue weighted by Crippen LogP contribution is 2.15. The second-order valence-electron chi connectivity index (χ2n) is 4.36. The Kier molecular flexibility index (Phi) is 11.8. The second-order valence-corrected chi connectivity index (χ2v) is 4.36. The van der Waals surface area contributed by atoms with E-state index in [1.54, 1.807) is 0 Å². The zero-order valence-corrected chi connectivity index (χ0v) is 13.0. The number of nitrogens with zero attached hydrogens (tertiary/aromatic N) is 2. The molecule has 6 nitrogen and oxygen atoms in total. The average molecular weight is 294 g/mol. The summed E-state index contributed by atoms with van der Waals surface area (Å²) in [6, 6.07) is 0. The van der Waals surface area contributed by atoms with E-state index in [1.807, 2.05) is 13.8 Å². The molecule has 1 aliphatic carbocycles. The van der Waals surface area contributed by atoms with Gasteiger partial charge in [-0.1, -0.05) is 52.4 Å². The molecule has 1 aromatic rings. The summed E-state index contributed by atoms with van der Waals surface area (Å²) < 4.78 is 0. The van der Waals surface area contributed by atoms with Crippen molar-refractivity contribution in [1.29, 1.82) is 0 Å². The highest BCUT2D eigenvalue weighted by molar-refractivity contribution is 5.94.